The van der Waals surface area contributed by atoms with E-state index < -0.39 is 0 Å². The predicted molar refractivity (Wildman–Crippen MR) is 101 cm³/mol. The standard InChI is InChI=1S/C19H28N6O/c26-19(22-16-5-2-1-3-6-16)24-12-9-23(10-13-24)11-14-25-15-21-17-7-4-8-20-18(17)25/h4,7-8,15-16H,1-3,5-6,9-14H2,(H,22,26). The number of piperazine rings is 1. The van der Waals surface area contributed by atoms with Crippen molar-refractivity contribution in [1.29, 1.82) is 0 Å². The Bertz CT molecular complexity index is 730. The maximum absolute atomic E-state index is 12.4. The molecule has 1 aliphatic carbocycles. The molecule has 26 heavy (non-hydrogen) atoms. The molecule has 0 bridgehead atoms. The topological polar surface area (TPSA) is 66.3 Å². The molecule has 4 rings (SSSR count). The molecule has 2 aliphatic rings. The van der Waals surface area contributed by atoms with Gasteiger partial charge in [-0.15, -0.1) is 0 Å². The van der Waals surface area contributed by atoms with Gasteiger partial charge in [-0.05, 0) is 25.0 Å². The Labute approximate surface area is 154 Å². The first-order valence-corrected chi connectivity index (χ1v) is 9.83. The van der Waals surface area contributed by atoms with E-state index in [1.807, 2.05) is 29.6 Å². The molecule has 1 N–H and O–H groups in total. The van der Waals surface area contributed by atoms with Crippen LogP contribution in [0.3, 0.4) is 0 Å². The minimum Gasteiger partial charge on any atom is -0.335 e. The maximum Gasteiger partial charge on any atom is 0.317 e. The molecule has 1 saturated carbocycles. The van der Waals surface area contributed by atoms with Crippen molar-refractivity contribution in [1.82, 2.24) is 29.7 Å². The number of fused-ring (bicyclic) bond motifs is 1. The van der Waals surface area contributed by atoms with Gasteiger partial charge in [0, 0.05) is 51.5 Å². The van der Waals surface area contributed by atoms with Crippen molar-refractivity contribution in [2.45, 2.75) is 44.7 Å². The van der Waals surface area contributed by atoms with Crippen molar-refractivity contribution in [3.63, 3.8) is 0 Å². The average Bonchev–Trinajstić information content (AvgIpc) is 3.11. The fourth-order valence-corrected chi connectivity index (χ4v) is 4.00. The number of pyridine rings is 1. The number of amides is 2. The van der Waals surface area contributed by atoms with Crippen LogP contribution in [0.15, 0.2) is 24.7 Å². The second-order valence-electron chi connectivity index (χ2n) is 7.40. The van der Waals surface area contributed by atoms with E-state index in [0.717, 1.165) is 63.3 Å². The minimum atomic E-state index is 0.126. The summed E-state index contributed by atoms with van der Waals surface area (Å²) in [6.45, 7) is 5.31. The molecule has 140 valence electrons. The summed E-state index contributed by atoms with van der Waals surface area (Å²) in [5, 5.41) is 3.23. The second-order valence-corrected chi connectivity index (χ2v) is 7.40. The number of carbonyl (C=O) groups excluding carboxylic acids is 1. The summed E-state index contributed by atoms with van der Waals surface area (Å²) in [5.41, 5.74) is 1.88. The molecule has 0 unspecified atom stereocenters. The smallest absolute Gasteiger partial charge is 0.317 e. The number of aromatic nitrogens is 3. The van der Waals surface area contributed by atoms with Gasteiger partial charge in [0.05, 0.1) is 6.33 Å². The Hall–Kier alpha value is -2.15. The zero-order valence-electron chi connectivity index (χ0n) is 15.3. The van der Waals surface area contributed by atoms with E-state index in [9.17, 15) is 4.79 Å². The summed E-state index contributed by atoms with van der Waals surface area (Å²) in [7, 11) is 0. The van der Waals surface area contributed by atoms with Crippen molar-refractivity contribution < 1.29 is 4.79 Å². The number of hydrogen-bond donors (Lipinski definition) is 1. The van der Waals surface area contributed by atoms with Gasteiger partial charge in [-0.2, -0.15) is 0 Å². The van der Waals surface area contributed by atoms with Crippen LogP contribution in [0.2, 0.25) is 0 Å². The van der Waals surface area contributed by atoms with Crippen molar-refractivity contribution >= 4 is 17.2 Å². The number of imidazole rings is 1. The van der Waals surface area contributed by atoms with E-state index in [-0.39, 0.29) is 6.03 Å². The number of nitrogens with one attached hydrogen (secondary N) is 1. The molecule has 2 aromatic heterocycles. The third kappa shape index (κ3) is 3.98. The van der Waals surface area contributed by atoms with Gasteiger partial charge in [0.15, 0.2) is 5.65 Å². The summed E-state index contributed by atoms with van der Waals surface area (Å²) in [6, 6.07) is 4.41. The highest BCUT2D eigenvalue weighted by Gasteiger charge is 2.23. The van der Waals surface area contributed by atoms with Gasteiger partial charge in [0.25, 0.3) is 0 Å². The van der Waals surface area contributed by atoms with Crippen molar-refractivity contribution in [2.24, 2.45) is 0 Å². The van der Waals surface area contributed by atoms with Crippen molar-refractivity contribution in [2.75, 3.05) is 32.7 Å². The molecule has 0 radical (unpaired) electrons. The summed E-state index contributed by atoms with van der Waals surface area (Å²) in [4.78, 5) is 25.6. The van der Waals surface area contributed by atoms with Gasteiger partial charge in [0.1, 0.15) is 5.52 Å². The second kappa shape index (κ2) is 8.03. The van der Waals surface area contributed by atoms with Gasteiger partial charge in [-0.3, -0.25) is 4.90 Å². The van der Waals surface area contributed by atoms with Crippen LogP contribution >= 0.6 is 0 Å². The zero-order valence-corrected chi connectivity index (χ0v) is 15.3. The largest absolute Gasteiger partial charge is 0.335 e. The summed E-state index contributed by atoms with van der Waals surface area (Å²) >= 11 is 0. The first-order chi connectivity index (χ1) is 12.8. The highest BCUT2D eigenvalue weighted by atomic mass is 16.2. The monoisotopic (exact) mass is 356 g/mol. The van der Waals surface area contributed by atoms with Crippen LogP contribution in [0.25, 0.3) is 11.2 Å². The van der Waals surface area contributed by atoms with Crippen molar-refractivity contribution in [3.05, 3.63) is 24.7 Å². The Morgan fingerprint density at radius 3 is 2.69 bits per heavy atom. The molecule has 2 fully saturated rings. The third-order valence-corrected chi connectivity index (χ3v) is 5.62. The minimum absolute atomic E-state index is 0.126. The fraction of sp³-hybridized carbons (Fsp3) is 0.632. The number of hydrogen-bond acceptors (Lipinski definition) is 4. The first-order valence-electron chi connectivity index (χ1n) is 9.83. The first kappa shape index (κ1) is 17.3. The SMILES string of the molecule is O=C(NC1CCCCC1)N1CCN(CCn2cnc3cccnc32)CC1. The number of urea groups is 1. The lowest BCUT2D eigenvalue weighted by Crippen LogP contribution is -2.54. The molecule has 0 atom stereocenters. The molecule has 0 aromatic carbocycles. The Morgan fingerprint density at radius 1 is 1.08 bits per heavy atom. The highest BCUT2D eigenvalue weighted by molar-refractivity contribution is 5.74. The summed E-state index contributed by atoms with van der Waals surface area (Å²) in [6.07, 6.45) is 9.76. The third-order valence-electron chi connectivity index (χ3n) is 5.62. The van der Waals surface area contributed by atoms with Crippen LogP contribution < -0.4 is 5.32 Å². The molecule has 3 heterocycles. The molecule has 7 nitrogen and oxygen atoms in total. The van der Waals surface area contributed by atoms with Crippen LogP contribution in [0.4, 0.5) is 4.79 Å². The van der Waals surface area contributed by atoms with Gasteiger partial charge in [-0.25, -0.2) is 14.8 Å². The van der Waals surface area contributed by atoms with Crippen molar-refractivity contribution in [3.8, 4) is 0 Å². The Kier molecular flexibility index (Phi) is 5.34. The summed E-state index contributed by atoms with van der Waals surface area (Å²) < 4.78 is 2.11. The van der Waals surface area contributed by atoms with Gasteiger partial charge >= 0.3 is 6.03 Å². The van der Waals surface area contributed by atoms with Crippen LogP contribution in [0.1, 0.15) is 32.1 Å². The normalized spacial score (nSPS) is 19.8. The average molecular weight is 356 g/mol. The molecule has 7 heteroatoms. The molecule has 2 aromatic rings. The number of rotatable bonds is 4. The molecule has 1 saturated heterocycles. The molecule has 2 amide bonds. The van der Waals surface area contributed by atoms with E-state index in [1.54, 1.807) is 0 Å². The van der Waals surface area contributed by atoms with E-state index in [0.29, 0.717) is 6.04 Å². The van der Waals surface area contributed by atoms with Gasteiger partial charge < -0.3 is 14.8 Å². The molecule has 1 aliphatic heterocycles. The number of nitrogens with zero attached hydrogens (tertiary/aromatic N) is 5. The lowest BCUT2D eigenvalue weighted by atomic mass is 9.96. The van der Waals surface area contributed by atoms with Gasteiger partial charge in [-0.1, -0.05) is 19.3 Å². The Morgan fingerprint density at radius 2 is 1.88 bits per heavy atom. The van der Waals surface area contributed by atoms with Gasteiger partial charge in [0.2, 0.25) is 0 Å². The Balaban J connectivity index is 1.22. The summed E-state index contributed by atoms with van der Waals surface area (Å²) in [5.74, 6) is 0. The maximum atomic E-state index is 12.4. The quantitative estimate of drug-likeness (QED) is 0.911. The van der Waals surface area contributed by atoms with E-state index >= 15 is 0 Å². The van der Waals surface area contributed by atoms with E-state index in [1.165, 1.54) is 19.3 Å². The number of carbonyl (C=O) groups is 1. The lowest BCUT2D eigenvalue weighted by Gasteiger charge is -2.36. The van der Waals surface area contributed by atoms with Crippen LogP contribution in [0.5, 0.6) is 0 Å². The van der Waals surface area contributed by atoms with Crippen LogP contribution in [0, 0.1) is 0 Å². The molecule has 0 spiro atoms. The highest BCUT2D eigenvalue weighted by Crippen LogP contribution is 2.18. The molecular weight excluding hydrogens is 328 g/mol. The van der Waals surface area contributed by atoms with Crippen LogP contribution in [-0.4, -0.2) is 69.1 Å². The lowest BCUT2D eigenvalue weighted by molar-refractivity contribution is 0.133. The fourth-order valence-electron chi connectivity index (χ4n) is 4.00. The van der Waals surface area contributed by atoms with Crippen LogP contribution in [-0.2, 0) is 6.54 Å². The molecular formula is C19H28N6O. The predicted octanol–water partition coefficient (Wildman–Crippen LogP) is 2.09. The van der Waals surface area contributed by atoms with E-state index in [2.05, 4.69) is 24.8 Å². The zero-order chi connectivity index (χ0) is 17.8. The van der Waals surface area contributed by atoms with E-state index in [4.69, 9.17) is 0 Å².